The molecule has 0 aromatic carbocycles. The monoisotopic (exact) mass is 730 g/mol. The molecule has 0 bridgehead atoms. The van der Waals surface area contributed by atoms with Crippen molar-refractivity contribution in [3.8, 4) is 11.5 Å². The molecule has 0 atom stereocenters. The van der Waals surface area contributed by atoms with Crippen LogP contribution in [0.1, 0.15) is 60.6 Å². The van der Waals surface area contributed by atoms with Crippen LogP contribution in [0.25, 0.3) is 11.5 Å². The van der Waals surface area contributed by atoms with Crippen LogP contribution in [0.2, 0.25) is 0 Å². The van der Waals surface area contributed by atoms with Gasteiger partial charge in [-0.1, -0.05) is 0 Å². The average Bonchev–Trinajstić information content (AvgIpc) is 3.59. The summed E-state index contributed by atoms with van der Waals surface area (Å²) < 4.78 is 95.5. The topological polar surface area (TPSA) is 182 Å². The molecule has 0 aliphatic carbocycles. The quantitative estimate of drug-likeness (QED) is 0.156. The fourth-order valence-electron chi connectivity index (χ4n) is 4.71. The van der Waals surface area contributed by atoms with Crippen LogP contribution in [-0.2, 0) is 19.1 Å². The Morgan fingerprint density at radius 2 is 1.31 bits per heavy atom. The summed E-state index contributed by atoms with van der Waals surface area (Å²) in [7, 11) is 0. The van der Waals surface area contributed by atoms with E-state index in [-0.39, 0.29) is 86.8 Å². The summed E-state index contributed by atoms with van der Waals surface area (Å²) in [5.74, 6) is -11.7. The maximum atomic E-state index is 14.3. The molecule has 2 fully saturated rings. The Morgan fingerprint density at radius 1 is 0.784 bits per heavy atom. The lowest BCUT2D eigenvalue weighted by atomic mass is 10.1. The highest BCUT2D eigenvalue weighted by Crippen LogP contribution is 2.32. The number of halogens is 6. The summed E-state index contributed by atoms with van der Waals surface area (Å²) in [6, 6.07) is 1.97. The molecular formula is C30H32F6N8O7. The van der Waals surface area contributed by atoms with Gasteiger partial charge >= 0.3 is 23.7 Å². The molecule has 2 amide bonds. The zero-order valence-corrected chi connectivity index (χ0v) is 27.2. The standard InChI is InChI=1S/C15H17F3N4O4.C15H15F3N4O3/c1-2-26-14(25)13(24)21-20-12(23)9-7-10(16)11(19-8-9)22-5-3-15(17,18)4-6-22;1-2-24-14(23)13-21-20-12(25-13)9-7-10(16)11(19-8-9)22-5-3-15(17,18)4-6-22/h7-8H,2-6H2,1H3,(H,20,23)(H,21,24);7-8H,2-6H2,1H3. The first-order chi connectivity index (χ1) is 24.1. The number of hydrazine groups is 1. The second-order valence-electron chi connectivity index (χ2n) is 11.0. The number of rotatable bonds is 7. The lowest BCUT2D eigenvalue weighted by Gasteiger charge is -2.32. The van der Waals surface area contributed by atoms with Gasteiger partial charge in [0.15, 0.2) is 23.3 Å². The predicted molar refractivity (Wildman–Crippen MR) is 163 cm³/mol. The van der Waals surface area contributed by atoms with Gasteiger partial charge in [0.25, 0.3) is 17.8 Å². The smallest absolute Gasteiger partial charge is 0.398 e. The number of esters is 2. The third kappa shape index (κ3) is 10.3. The molecule has 2 saturated heterocycles. The number of nitrogens with one attached hydrogen (secondary N) is 2. The Labute approximate surface area is 285 Å². The molecule has 0 saturated carbocycles. The van der Waals surface area contributed by atoms with E-state index >= 15 is 0 Å². The maximum absolute atomic E-state index is 14.3. The molecule has 2 aliphatic heterocycles. The molecule has 276 valence electrons. The number of ether oxygens (including phenoxy) is 2. The maximum Gasteiger partial charge on any atom is 0.398 e. The Bertz CT molecular complexity index is 1720. The van der Waals surface area contributed by atoms with Gasteiger partial charge in [0.2, 0.25) is 5.89 Å². The minimum atomic E-state index is -2.77. The number of carbonyl (C=O) groups is 4. The Kier molecular flexibility index (Phi) is 12.4. The van der Waals surface area contributed by atoms with Crippen molar-refractivity contribution in [1.29, 1.82) is 0 Å². The molecule has 51 heavy (non-hydrogen) atoms. The van der Waals surface area contributed by atoms with Gasteiger partial charge in [0, 0.05) is 64.3 Å². The zero-order chi connectivity index (χ0) is 37.3. The van der Waals surface area contributed by atoms with E-state index in [1.165, 1.54) is 22.9 Å². The van der Waals surface area contributed by atoms with E-state index in [9.17, 15) is 45.5 Å². The summed E-state index contributed by atoms with van der Waals surface area (Å²) in [6.45, 7) is 3.19. The Hall–Kier alpha value is -5.50. The minimum absolute atomic E-state index is 0.00983. The molecule has 15 nitrogen and oxygen atoms in total. The molecule has 5 heterocycles. The second-order valence-corrected chi connectivity index (χ2v) is 11.0. The van der Waals surface area contributed by atoms with Gasteiger partial charge < -0.3 is 23.7 Å². The number of hydrogen-bond acceptors (Lipinski definition) is 13. The highest BCUT2D eigenvalue weighted by Gasteiger charge is 2.36. The van der Waals surface area contributed by atoms with E-state index in [4.69, 9.17) is 9.15 Å². The van der Waals surface area contributed by atoms with Crippen LogP contribution >= 0.6 is 0 Å². The van der Waals surface area contributed by atoms with Crippen LogP contribution in [0.15, 0.2) is 28.9 Å². The van der Waals surface area contributed by atoms with Crippen LogP contribution in [0.3, 0.4) is 0 Å². The third-order valence-corrected chi connectivity index (χ3v) is 7.37. The first kappa shape index (κ1) is 38.3. The summed E-state index contributed by atoms with van der Waals surface area (Å²) in [5, 5.41) is 7.19. The number of nitrogens with zero attached hydrogens (tertiary/aromatic N) is 6. The van der Waals surface area contributed by atoms with Gasteiger partial charge in [-0.2, -0.15) is 0 Å². The first-order valence-corrected chi connectivity index (χ1v) is 15.5. The van der Waals surface area contributed by atoms with E-state index in [0.717, 1.165) is 18.3 Å². The number of pyridine rings is 2. The van der Waals surface area contributed by atoms with Crippen molar-refractivity contribution in [3.05, 3.63) is 47.6 Å². The van der Waals surface area contributed by atoms with Crippen LogP contribution in [0.5, 0.6) is 0 Å². The zero-order valence-electron chi connectivity index (χ0n) is 27.2. The number of alkyl halides is 4. The molecular weight excluding hydrogens is 698 g/mol. The van der Waals surface area contributed by atoms with Crippen molar-refractivity contribution >= 4 is 35.4 Å². The number of amides is 2. The molecule has 0 unspecified atom stereocenters. The molecule has 3 aromatic rings. The average molecular weight is 731 g/mol. The van der Waals surface area contributed by atoms with Crippen molar-refractivity contribution < 1.29 is 59.4 Å². The van der Waals surface area contributed by atoms with Gasteiger partial charge in [-0.05, 0) is 26.0 Å². The highest BCUT2D eigenvalue weighted by molar-refractivity contribution is 6.32. The number of hydrogen-bond donors (Lipinski definition) is 2. The summed E-state index contributed by atoms with van der Waals surface area (Å²) in [4.78, 5) is 56.4. The normalized spacial score (nSPS) is 16.3. The highest BCUT2D eigenvalue weighted by atomic mass is 19.3. The number of anilines is 2. The van der Waals surface area contributed by atoms with E-state index in [1.807, 2.05) is 10.9 Å². The SMILES string of the molecule is CCOC(=O)C(=O)NNC(=O)c1cnc(N2CCC(F)(F)CC2)c(F)c1.CCOC(=O)c1nnc(-c2cnc(N3CCC(F)(F)CC3)c(F)c2)o1. The summed E-state index contributed by atoms with van der Waals surface area (Å²) in [5.41, 5.74) is 3.68. The van der Waals surface area contributed by atoms with E-state index in [0.29, 0.717) is 0 Å². The molecule has 0 spiro atoms. The fourth-order valence-corrected chi connectivity index (χ4v) is 4.71. The molecule has 2 N–H and O–H groups in total. The van der Waals surface area contributed by atoms with Crippen molar-refractivity contribution in [2.45, 2.75) is 51.4 Å². The van der Waals surface area contributed by atoms with E-state index in [1.54, 1.807) is 6.92 Å². The lowest BCUT2D eigenvalue weighted by Crippen LogP contribution is -2.45. The van der Waals surface area contributed by atoms with Gasteiger partial charge in [-0.3, -0.25) is 20.4 Å². The van der Waals surface area contributed by atoms with Crippen molar-refractivity contribution in [3.63, 3.8) is 0 Å². The van der Waals surface area contributed by atoms with E-state index < -0.39 is 60.1 Å². The van der Waals surface area contributed by atoms with Gasteiger partial charge in [-0.25, -0.2) is 45.9 Å². The molecule has 3 aromatic heterocycles. The van der Waals surface area contributed by atoms with Crippen LogP contribution in [-0.4, -0.2) is 95.2 Å². The molecule has 5 rings (SSSR count). The molecule has 2 aliphatic rings. The first-order valence-electron chi connectivity index (χ1n) is 15.5. The van der Waals surface area contributed by atoms with Gasteiger partial charge in [0.1, 0.15) is 0 Å². The van der Waals surface area contributed by atoms with Crippen molar-refractivity contribution in [2.24, 2.45) is 0 Å². The number of aromatic nitrogens is 4. The van der Waals surface area contributed by atoms with Crippen LogP contribution in [0.4, 0.5) is 38.0 Å². The van der Waals surface area contributed by atoms with Crippen LogP contribution < -0.4 is 20.7 Å². The fraction of sp³-hybridized carbons (Fsp3) is 0.467. The van der Waals surface area contributed by atoms with Crippen LogP contribution in [0, 0.1) is 11.6 Å². The van der Waals surface area contributed by atoms with Gasteiger partial charge in [0.05, 0.1) is 24.3 Å². The minimum Gasteiger partial charge on any atom is -0.459 e. The lowest BCUT2D eigenvalue weighted by molar-refractivity contribution is -0.154. The predicted octanol–water partition coefficient (Wildman–Crippen LogP) is 3.46. The molecule has 21 heteroatoms. The number of piperidine rings is 2. The largest absolute Gasteiger partial charge is 0.459 e. The summed E-state index contributed by atoms with van der Waals surface area (Å²) in [6.07, 6.45) is 0.821. The molecule has 0 radical (unpaired) electrons. The summed E-state index contributed by atoms with van der Waals surface area (Å²) >= 11 is 0. The van der Waals surface area contributed by atoms with Crippen molar-refractivity contribution in [1.82, 2.24) is 31.0 Å². The van der Waals surface area contributed by atoms with Crippen molar-refractivity contribution in [2.75, 3.05) is 49.2 Å². The van der Waals surface area contributed by atoms with E-state index in [2.05, 4.69) is 24.9 Å². The second kappa shape index (κ2) is 16.5. The number of carbonyl (C=O) groups excluding carboxylic acids is 4. The third-order valence-electron chi connectivity index (χ3n) is 7.37. The Balaban J connectivity index is 0.000000229. The van der Waals surface area contributed by atoms with Gasteiger partial charge in [-0.15, -0.1) is 10.2 Å². The Morgan fingerprint density at radius 3 is 1.82 bits per heavy atom.